The molecule has 20 heavy (non-hydrogen) atoms. The average Bonchev–Trinajstić information content (AvgIpc) is 2.49. The van der Waals surface area contributed by atoms with Gasteiger partial charge in [-0.2, -0.15) is 0 Å². The molecule has 2 heteroatoms. The van der Waals surface area contributed by atoms with Gasteiger partial charge >= 0.3 is 0 Å². The van der Waals surface area contributed by atoms with Crippen molar-refractivity contribution in [2.24, 2.45) is 0 Å². The molecule has 0 spiro atoms. The summed E-state index contributed by atoms with van der Waals surface area (Å²) < 4.78 is 0. The number of likely N-dealkylation sites (tertiary alicyclic amines) is 1. The van der Waals surface area contributed by atoms with Crippen molar-refractivity contribution in [1.82, 2.24) is 10.2 Å². The van der Waals surface area contributed by atoms with Crippen molar-refractivity contribution >= 4 is 0 Å². The molecule has 0 aromatic heterocycles. The zero-order valence-corrected chi connectivity index (χ0v) is 12.9. The molecule has 1 aromatic rings. The Labute approximate surface area is 123 Å². The molecule has 1 aliphatic heterocycles. The third-order valence-electron chi connectivity index (χ3n) is 4.62. The molecule has 1 N–H and O–H groups in total. The molecule has 0 radical (unpaired) electrons. The van der Waals surface area contributed by atoms with E-state index in [0.29, 0.717) is 6.04 Å². The Morgan fingerprint density at radius 2 is 1.95 bits per heavy atom. The molecule has 1 fully saturated rings. The fourth-order valence-electron chi connectivity index (χ4n) is 3.27. The van der Waals surface area contributed by atoms with Crippen molar-refractivity contribution in [3.8, 4) is 0 Å². The Bertz CT molecular complexity index is 405. The van der Waals surface area contributed by atoms with E-state index in [2.05, 4.69) is 67.1 Å². The number of benzene rings is 1. The van der Waals surface area contributed by atoms with Crippen LogP contribution in [0.3, 0.4) is 0 Å². The van der Waals surface area contributed by atoms with E-state index in [1.807, 2.05) is 0 Å². The normalized spacial score (nSPS) is 20.5. The van der Waals surface area contributed by atoms with Gasteiger partial charge in [0.15, 0.2) is 0 Å². The first-order chi connectivity index (χ1) is 9.69. The van der Waals surface area contributed by atoms with Crippen molar-refractivity contribution in [3.05, 3.63) is 48.6 Å². The Morgan fingerprint density at radius 3 is 2.50 bits per heavy atom. The van der Waals surface area contributed by atoms with E-state index in [0.717, 1.165) is 6.42 Å². The predicted molar refractivity (Wildman–Crippen MR) is 86.9 cm³/mol. The van der Waals surface area contributed by atoms with Crippen LogP contribution in [-0.2, 0) is 0 Å². The summed E-state index contributed by atoms with van der Waals surface area (Å²) in [6.45, 7) is 12.0. The van der Waals surface area contributed by atoms with E-state index < -0.39 is 0 Å². The van der Waals surface area contributed by atoms with Crippen molar-refractivity contribution in [1.29, 1.82) is 0 Å². The SMILES string of the molecule is C=CCC1(NC(C)c2ccccc2)CCN(CC)CC1. The Hall–Kier alpha value is -1.12. The number of hydrogen-bond donors (Lipinski definition) is 1. The van der Waals surface area contributed by atoms with Crippen molar-refractivity contribution in [2.75, 3.05) is 19.6 Å². The largest absolute Gasteiger partial charge is 0.304 e. The minimum atomic E-state index is 0.225. The molecule has 0 saturated carbocycles. The summed E-state index contributed by atoms with van der Waals surface area (Å²) >= 11 is 0. The molecular formula is C18H28N2. The second kappa shape index (κ2) is 7.05. The molecule has 2 nitrogen and oxygen atoms in total. The maximum atomic E-state index is 3.97. The van der Waals surface area contributed by atoms with Crippen molar-refractivity contribution in [2.45, 2.75) is 44.7 Å². The van der Waals surface area contributed by atoms with Crippen LogP contribution in [0.15, 0.2) is 43.0 Å². The minimum Gasteiger partial charge on any atom is -0.304 e. The van der Waals surface area contributed by atoms with Crippen LogP contribution in [0.5, 0.6) is 0 Å². The van der Waals surface area contributed by atoms with E-state index in [-0.39, 0.29) is 5.54 Å². The standard InChI is InChI=1S/C18H28N2/c1-4-11-18(12-14-20(5-2)15-13-18)19-16(3)17-9-7-6-8-10-17/h4,6-10,16,19H,1,5,11-15H2,2-3H3. The van der Waals surface area contributed by atoms with Crippen LogP contribution < -0.4 is 5.32 Å². The number of rotatable bonds is 6. The van der Waals surface area contributed by atoms with E-state index in [9.17, 15) is 0 Å². The highest BCUT2D eigenvalue weighted by Crippen LogP contribution is 2.29. The molecule has 1 unspecified atom stereocenters. The molecule has 110 valence electrons. The fraction of sp³-hybridized carbons (Fsp3) is 0.556. The molecule has 0 bridgehead atoms. The van der Waals surface area contributed by atoms with Crippen LogP contribution in [0.1, 0.15) is 44.7 Å². The summed E-state index contributed by atoms with van der Waals surface area (Å²) in [5.74, 6) is 0. The molecule has 1 aromatic carbocycles. The van der Waals surface area contributed by atoms with Gasteiger partial charge in [-0.05, 0) is 51.4 Å². The molecule has 1 aliphatic rings. The molecule has 0 aliphatic carbocycles. The van der Waals surface area contributed by atoms with Gasteiger partial charge in [-0.15, -0.1) is 6.58 Å². The Kier molecular flexibility index (Phi) is 5.38. The van der Waals surface area contributed by atoms with Crippen LogP contribution in [-0.4, -0.2) is 30.1 Å². The van der Waals surface area contributed by atoms with Gasteiger partial charge in [-0.3, -0.25) is 0 Å². The Balaban J connectivity index is 2.04. The quantitative estimate of drug-likeness (QED) is 0.793. The molecule has 0 amide bonds. The number of nitrogens with one attached hydrogen (secondary N) is 1. The average molecular weight is 272 g/mol. The second-order valence-electron chi connectivity index (χ2n) is 5.98. The molecule has 1 saturated heterocycles. The van der Waals surface area contributed by atoms with Crippen LogP contribution in [0.25, 0.3) is 0 Å². The van der Waals surface area contributed by atoms with Gasteiger partial charge in [0.2, 0.25) is 0 Å². The lowest BCUT2D eigenvalue weighted by atomic mass is 9.83. The van der Waals surface area contributed by atoms with Gasteiger partial charge in [0, 0.05) is 11.6 Å². The third-order valence-corrected chi connectivity index (χ3v) is 4.62. The summed E-state index contributed by atoms with van der Waals surface area (Å²) in [6, 6.07) is 11.1. The van der Waals surface area contributed by atoms with Crippen LogP contribution in [0, 0.1) is 0 Å². The van der Waals surface area contributed by atoms with E-state index in [1.54, 1.807) is 0 Å². The van der Waals surface area contributed by atoms with Gasteiger partial charge < -0.3 is 10.2 Å². The summed E-state index contributed by atoms with van der Waals surface area (Å²) in [7, 11) is 0. The maximum absolute atomic E-state index is 3.97. The molecule has 1 heterocycles. The molecular weight excluding hydrogens is 244 g/mol. The Morgan fingerprint density at radius 1 is 1.30 bits per heavy atom. The summed E-state index contributed by atoms with van der Waals surface area (Å²) in [5.41, 5.74) is 1.59. The predicted octanol–water partition coefficient (Wildman–Crippen LogP) is 3.77. The van der Waals surface area contributed by atoms with Crippen molar-refractivity contribution in [3.63, 3.8) is 0 Å². The topological polar surface area (TPSA) is 15.3 Å². The van der Waals surface area contributed by atoms with Gasteiger partial charge in [0.1, 0.15) is 0 Å². The highest BCUT2D eigenvalue weighted by molar-refractivity contribution is 5.19. The minimum absolute atomic E-state index is 0.225. The van der Waals surface area contributed by atoms with Gasteiger partial charge in [0.05, 0.1) is 0 Å². The lowest BCUT2D eigenvalue weighted by Gasteiger charge is -2.43. The van der Waals surface area contributed by atoms with E-state index in [4.69, 9.17) is 0 Å². The fourth-order valence-corrected chi connectivity index (χ4v) is 3.27. The number of hydrogen-bond acceptors (Lipinski definition) is 2. The highest BCUT2D eigenvalue weighted by Gasteiger charge is 2.34. The van der Waals surface area contributed by atoms with Crippen LogP contribution >= 0.6 is 0 Å². The van der Waals surface area contributed by atoms with E-state index >= 15 is 0 Å². The summed E-state index contributed by atoms with van der Waals surface area (Å²) in [6.07, 6.45) is 5.56. The lowest BCUT2D eigenvalue weighted by Crippen LogP contribution is -2.53. The highest BCUT2D eigenvalue weighted by atomic mass is 15.2. The van der Waals surface area contributed by atoms with Crippen molar-refractivity contribution < 1.29 is 0 Å². The maximum Gasteiger partial charge on any atom is 0.0297 e. The number of nitrogens with zero attached hydrogens (tertiary/aromatic N) is 1. The first kappa shape index (κ1) is 15.3. The monoisotopic (exact) mass is 272 g/mol. The lowest BCUT2D eigenvalue weighted by molar-refractivity contribution is 0.131. The summed E-state index contributed by atoms with van der Waals surface area (Å²) in [5, 5.41) is 3.90. The van der Waals surface area contributed by atoms with Crippen LogP contribution in [0.2, 0.25) is 0 Å². The third kappa shape index (κ3) is 3.71. The molecule has 1 atom stereocenters. The first-order valence-corrected chi connectivity index (χ1v) is 7.85. The van der Waals surface area contributed by atoms with Crippen LogP contribution in [0.4, 0.5) is 0 Å². The first-order valence-electron chi connectivity index (χ1n) is 7.85. The van der Waals surface area contributed by atoms with Gasteiger partial charge in [0.25, 0.3) is 0 Å². The second-order valence-corrected chi connectivity index (χ2v) is 5.98. The zero-order valence-electron chi connectivity index (χ0n) is 12.9. The number of piperidine rings is 1. The molecule has 2 rings (SSSR count). The summed E-state index contributed by atoms with van der Waals surface area (Å²) in [4.78, 5) is 2.54. The van der Waals surface area contributed by atoms with Gasteiger partial charge in [-0.25, -0.2) is 0 Å². The smallest absolute Gasteiger partial charge is 0.0297 e. The van der Waals surface area contributed by atoms with E-state index in [1.165, 1.54) is 38.0 Å². The van der Waals surface area contributed by atoms with Gasteiger partial charge in [-0.1, -0.05) is 43.3 Å². The zero-order chi connectivity index (χ0) is 14.4.